The van der Waals surface area contributed by atoms with Crippen LogP contribution in [0.2, 0.25) is 0 Å². The van der Waals surface area contributed by atoms with Gasteiger partial charge in [-0.1, -0.05) is 31.9 Å². The molecular formula is C18H30N2O. The first kappa shape index (κ1) is 17.5. The van der Waals surface area contributed by atoms with E-state index in [-0.39, 0.29) is 11.9 Å². The first-order valence-corrected chi connectivity index (χ1v) is 8.13. The molecule has 1 aromatic carbocycles. The molecule has 0 aliphatic carbocycles. The van der Waals surface area contributed by atoms with Crippen LogP contribution in [-0.2, 0) is 0 Å². The van der Waals surface area contributed by atoms with E-state index in [4.69, 9.17) is 0 Å². The Labute approximate surface area is 129 Å². The third-order valence-corrected chi connectivity index (χ3v) is 3.49. The minimum Gasteiger partial charge on any atom is -0.382 e. The largest absolute Gasteiger partial charge is 0.382 e. The Kier molecular flexibility index (Phi) is 7.27. The van der Waals surface area contributed by atoms with Gasteiger partial charge in [-0.25, -0.2) is 0 Å². The summed E-state index contributed by atoms with van der Waals surface area (Å²) in [5.41, 5.74) is 1.70. The van der Waals surface area contributed by atoms with Crippen molar-refractivity contribution in [2.24, 2.45) is 0 Å². The fourth-order valence-corrected chi connectivity index (χ4v) is 2.39. The van der Waals surface area contributed by atoms with E-state index in [0.29, 0.717) is 6.04 Å². The van der Waals surface area contributed by atoms with Crippen molar-refractivity contribution in [3.63, 3.8) is 0 Å². The second-order valence-electron chi connectivity index (χ2n) is 6.14. The van der Waals surface area contributed by atoms with E-state index in [1.54, 1.807) is 0 Å². The summed E-state index contributed by atoms with van der Waals surface area (Å²) in [4.78, 5) is 14.9. The van der Waals surface area contributed by atoms with E-state index < -0.39 is 0 Å². The number of hydrogen-bond acceptors (Lipinski definition) is 2. The number of anilines is 1. The van der Waals surface area contributed by atoms with E-state index in [1.165, 1.54) is 12.8 Å². The normalized spacial score (nSPS) is 11.0. The molecule has 0 aliphatic rings. The van der Waals surface area contributed by atoms with Crippen LogP contribution in [0.3, 0.4) is 0 Å². The predicted molar refractivity (Wildman–Crippen MR) is 90.9 cm³/mol. The second-order valence-corrected chi connectivity index (χ2v) is 6.14. The lowest BCUT2D eigenvalue weighted by atomic mass is 10.1. The van der Waals surface area contributed by atoms with Gasteiger partial charge in [0, 0.05) is 24.3 Å². The van der Waals surface area contributed by atoms with Crippen molar-refractivity contribution in [2.75, 3.05) is 11.9 Å². The van der Waals surface area contributed by atoms with Crippen molar-refractivity contribution < 1.29 is 4.79 Å². The van der Waals surface area contributed by atoms with Crippen LogP contribution >= 0.6 is 0 Å². The number of unbranched alkanes of at least 4 members (excludes halogenated alkanes) is 2. The standard InChI is InChI=1S/C18H30N2O/c1-6-7-10-13-20(15(4)5)18(21)16-11-8-9-12-17(16)19-14(2)3/h8-9,11-12,14-15,19H,6-7,10,13H2,1-5H3. The van der Waals surface area contributed by atoms with Crippen molar-refractivity contribution >= 4 is 11.6 Å². The Hall–Kier alpha value is -1.51. The molecular weight excluding hydrogens is 260 g/mol. The summed E-state index contributed by atoms with van der Waals surface area (Å²) >= 11 is 0. The highest BCUT2D eigenvalue weighted by Gasteiger charge is 2.20. The van der Waals surface area contributed by atoms with Gasteiger partial charge < -0.3 is 10.2 Å². The molecule has 0 radical (unpaired) electrons. The molecule has 1 N–H and O–H groups in total. The highest BCUT2D eigenvalue weighted by Crippen LogP contribution is 2.20. The molecule has 1 amide bonds. The second kappa shape index (κ2) is 8.71. The number of nitrogens with zero attached hydrogens (tertiary/aromatic N) is 1. The number of rotatable bonds is 8. The molecule has 0 aliphatic heterocycles. The zero-order valence-electron chi connectivity index (χ0n) is 14.1. The van der Waals surface area contributed by atoms with Gasteiger partial charge in [-0.3, -0.25) is 4.79 Å². The Morgan fingerprint density at radius 2 is 1.81 bits per heavy atom. The number of hydrogen-bond donors (Lipinski definition) is 1. The first-order chi connectivity index (χ1) is 9.97. The highest BCUT2D eigenvalue weighted by atomic mass is 16.2. The van der Waals surface area contributed by atoms with Gasteiger partial charge in [0.1, 0.15) is 0 Å². The minimum absolute atomic E-state index is 0.129. The molecule has 1 aromatic rings. The van der Waals surface area contributed by atoms with Crippen LogP contribution in [0, 0.1) is 0 Å². The number of nitrogens with one attached hydrogen (secondary N) is 1. The zero-order chi connectivity index (χ0) is 15.8. The van der Waals surface area contributed by atoms with Crippen LogP contribution in [0.5, 0.6) is 0 Å². The van der Waals surface area contributed by atoms with Gasteiger partial charge in [-0.2, -0.15) is 0 Å². The van der Waals surface area contributed by atoms with Gasteiger partial charge in [0.2, 0.25) is 0 Å². The topological polar surface area (TPSA) is 32.3 Å². The molecule has 0 saturated carbocycles. The summed E-state index contributed by atoms with van der Waals surface area (Å²) in [5.74, 6) is 0.129. The van der Waals surface area contributed by atoms with Gasteiger partial charge in [0.05, 0.1) is 5.56 Å². The van der Waals surface area contributed by atoms with Crippen molar-refractivity contribution in [3.05, 3.63) is 29.8 Å². The number of carbonyl (C=O) groups excluding carboxylic acids is 1. The SMILES string of the molecule is CCCCCN(C(=O)c1ccccc1NC(C)C)C(C)C. The van der Waals surface area contributed by atoms with Gasteiger partial charge in [0.25, 0.3) is 5.91 Å². The van der Waals surface area contributed by atoms with Crippen LogP contribution in [0.15, 0.2) is 24.3 Å². The summed E-state index contributed by atoms with van der Waals surface area (Å²) in [5, 5.41) is 3.37. The smallest absolute Gasteiger partial charge is 0.256 e. The molecule has 1 rings (SSSR count). The quantitative estimate of drug-likeness (QED) is 0.712. The van der Waals surface area contributed by atoms with Gasteiger partial charge in [-0.05, 0) is 46.2 Å². The van der Waals surface area contributed by atoms with Crippen molar-refractivity contribution in [3.8, 4) is 0 Å². The average molecular weight is 290 g/mol. The predicted octanol–water partition coefficient (Wildman–Crippen LogP) is 4.55. The maximum Gasteiger partial charge on any atom is 0.256 e. The third kappa shape index (κ3) is 5.41. The lowest BCUT2D eigenvalue weighted by Crippen LogP contribution is -2.38. The molecule has 3 nitrogen and oxygen atoms in total. The Bertz CT molecular complexity index is 441. The Morgan fingerprint density at radius 1 is 1.14 bits per heavy atom. The third-order valence-electron chi connectivity index (χ3n) is 3.49. The summed E-state index contributed by atoms with van der Waals surface area (Å²) < 4.78 is 0. The summed E-state index contributed by atoms with van der Waals surface area (Å²) in [6.07, 6.45) is 3.41. The molecule has 0 aromatic heterocycles. The number of benzene rings is 1. The molecule has 0 bridgehead atoms. The maximum atomic E-state index is 12.9. The van der Waals surface area contributed by atoms with E-state index in [0.717, 1.165) is 24.2 Å². The fraction of sp³-hybridized carbons (Fsp3) is 0.611. The minimum atomic E-state index is 0.129. The van der Waals surface area contributed by atoms with Gasteiger partial charge >= 0.3 is 0 Å². The first-order valence-electron chi connectivity index (χ1n) is 8.13. The van der Waals surface area contributed by atoms with Crippen LogP contribution < -0.4 is 5.32 Å². The molecule has 0 unspecified atom stereocenters. The molecule has 0 heterocycles. The van der Waals surface area contributed by atoms with E-state index in [1.807, 2.05) is 29.2 Å². The molecule has 0 atom stereocenters. The highest BCUT2D eigenvalue weighted by molar-refractivity contribution is 5.99. The van der Waals surface area contributed by atoms with Crippen molar-refractivity contribution in [1.29, 1.82) is 0 Å². The monoisotopic (exact) mass is 290 g/mol. The number of amides is 1. The van der Waals surface area contributed by atoms with Gasteiger partial charge in [0.15, 0.2) is 0 Å². The summed E-state index contributed by atoms with van der Waals surface area (Å²) in [6.45, 7) is 11.4. The average Bonchev–Trinajstić information content (AvgIpc) is 2.42. The molecule has 0 fully saturated rings. The lowest BCUT2D eigenvalue weighted by Gasteiger charge is -2.28. The summed E-state index contributed by atoms with van der Waals surface area (Å²) in [6, 6.07) is 8.34. The summed E-state index contributed by atoms with van der Waals surface area (Å²) in [7, 11) is 0. The van der Waals surface area contributed by atoms with E-state index in [9.17, 15) is 4.79 Å². The molecule has 3 heteroatoms. The van der Waals surface area contributed by atoms with Gasteiger partial charge in [-0.15, -0.1) is 0 Å². The van der Waals surface area contributed by atoms with Crippen LogP contribution in [-0.4, -0.2) is 29.4 Å². The fourth-order valence-electron chi connectivity index (χ4n) is 2.39. The van der Waals surface area contributed by atoms with Crippen LogP contribution in [0.1, 0.15) is 64.2 Å². The molecule has 0 saturated heterocycles. The lowest BCUT2D eigenvalue weighted by molar-refractivity contribution is 0.0703. The van der Waals surface area contributed by atoms with Crippen molar-refractivity contribution in [1.82, 2.24) is 4.90 Å². The molecule has 118 valence electrons. The maximum absolute atomic E-state index is 12.9. The Morgan fingerprint density at radius 3 is 2.38 bits per heavy atom. The zero-order valence-corrected chi connectivity index (χ0v) is 14.1. The Balaban J connectivity index is 2.92. The number of para-hydroxylation sites is 1. The van der Waals surface area contributed by atoms with E-state index >= 15 is 0 Å². The van der Waals surface area contributed by atoms with Crippen LogP contribution in [0.4, 0.5) is 5.69 Å². The number of carbonyl (C=O) groups is 1. The molecule has 21 heavy (non-hydrogen) atoms. The van der Waals surface area contributed by atoms with Crippen LogP contribution in [0.25, 0.3) is 0 Å². The van der Waals surface area contributed by atoms with E-state index in [2.05, 4.69) is 39.9 Å². The van der Waals surface area contributed by atoms with Crippen molar-refractivity contribution in [2.45, 2.75) is 66.0 Å². The molecule has 0 spiro atoms.